The summed E-state index contributed by atoms with van der Waals surface area (Å²) in [6, 6.07) is 9.55. The number of ether oxygens (including phenoxy) is 3. The van der Waals surface area contributed by atoms with Gasteiger partial charge in [0.05, 0.1) is 25.4 Å². The monoisotopic (exact) mass is 497 g/mol. The highest BCUT2D eigenvalue weighted by atomic mass is 35.5. The number of carbonyl (C=O) groups is 1. The molecular formula is C22H28ClN3O6S. The van der Waals surface area contributed by atoms with Crippen molar-refractivity contribution >= 4 is 38.9 Å². The minimum absolute atomic E-state index is 0.0413. The maximum absolute atomic E-state index is 12.6. The molecule has 0 aliphatic carbocycles. The zero-order chi connectivity index (χ0) is 24.0. The summed E-state index contributed by atoms with van der Waals surface area (Å²) < 4.78 is 42.8. The summed E-state index contributed by atoms with van der Waals surface area (Å²) in [5.74, 6) is 0.372. The Hall–Kier alpha value is -2.53. The van der Waals surface area contributed by atoms with Gasteiger partial charge in [0.15, 0.2) is 0 Å². The van der Waals surface area contributed by atoms with E-state index in [4.69, 9.17) is 25.8 Å². The molecule has 1 aliphatic rings. The van der Waals surface area contributed by atoms with Crippen LogP contribution in [-0.2, 0) is 19.6 Å². The molecule has 0 spiro atoms. The number of sulfonamides is 1. The first-order chi connectivity index (χ1) is 15.7. The maximum atomic E-state index is 12.6. The molecule has 1 aliphatic heterocycles. The highest BCUT2D eigenvalue weighted by Gasteiger charge is 2.23. The number of hydrogen-bond donors (Lipinski definition) is 2. The zero-order valence-electron chi connectivity index (χ0n) is 18.8. The van der Waals surface area contributed by atoms with Crippen LogP contribution < -0.4 is 20.1 Å². The van der Waals surface area contributed by atoms with Crippen LogP contribution >= 0.6 is 11.6 Å². The first-order valence-corrected chi connectivity index (χ1v) is 12.2. The fourth-order valence-electron chi connectivity index (χ4n) is 3.26. The second-order valence-electron chi connectivity index (χ2n) is 7.64. The first-order valence-electron chi connectivity index (χ1n) is 10.4. The number of nitrogens with zero attached hydrogens (tertiary/aromatic N) is 1. The van der Waals surface area contributed by atoms with Crippen molar-refractivity contribution in [3.05, 3.63) is 41.4 Å². The average molecular weight is 498 g/mol. The summed E-state index contributed by atoms with van der Waals surface area (Å²) in [5, 5.41) is 6.21. The number of methoxy groups -OCH3 is 1. The van der Waals surface area contributed by atoms with Gasteiger partial charge in [-0.3, -0.25) is 4.79 Å². The molecule has 3 rings (SSSR count). The van der Waals surface area contributed by atoms with Gasteiger partial charge in [-0.1, -0.05) is 11.6 Å². The van der Waals surface area contributed by atoms with Gasteiger partial charge in [-0.15, -0.1) is 0 Å². The fourth-order valence-corrected chi connectivity index (χ4v) is 4.51. The van der Waals surface area contributed by atoms with Gasteiger partial charge in [0, 0.05) is 31.4 Å². The molecule has 0 saturated carbocycles. The van der Waals surface area contributed by atoms with Gasteiger partial charge in [0.2, 0.25) is 15.9 Å². The van der Waals surface area contributed by atoms with Crippen LogP contribution in [0.2, 0.25) is 5.02 Å². The predicted octanol–water partition coefficient (Wildman–Crippen LogP) is 3.21. The summed E-state index contributed by atoms with van der Waals surface area (Å²) in [6.07, 6.45) is 2.02. The molecule has 180 valence electrons. The quantitative estimate of drug-likeness (QED) is 0.519. The number of rotatable bonds is 10. The molecule has 0 bridgehead atoms. The first kappa shape index (κ1) is 25.1. The molecule has 1 fully saturated rings. The van der Waals surface area contributed by atoms with Gasteiger partial charge in [0.25, 0.3) is 0 Å². The summed E-state index contributed by atoms with van der Waals surface area (Å²) in [5.41, 5.74) is 0.894. The number of carbonyl (C=O) groups excluding carboxylic acids is 1. The lowest BCUT2D eigenvalue weighted by molar-refractivity contribution is -0.114. The number of hydrogen-bond acceptors (Lipinski definition) is 7. The molecule has 2 aromatic rings. The third-order valence-corrected chi connectivity index (χ3v) is 7.11. The average Bonchev–Trinajstić information content (AvgIpc) is 3.30. The molecule has 11 heteroatoms. The molecule has 0 radical (unpaired) electrons. The lowest BCUT2D eigenvalue weighted by Crippen LogP contribution is -2.24. The molecule has 2 N–H and O–H groups in total. The van der Waals surface area contributed by atoms with E-state index in [0.29, 0.717) is 28.8 Å². The Morgan fingerprint density at radius 3 is 2.64 bits per heavy atom. The van der Waals surface area contributed by atoms with Crippen molar-refractivity contribution in [2.24, 2.45) is 0 Å². The number of amides is 1. The Balaban J connectivity index is 1.66. The van der Waals surface area contributed by atoms with Crippen LogP contribution in [0.5, 0.6) is 11.5 Å². The molecule has 33 heavy (non-hydrogen) atoms. The summed E-state index contributed by atoms with van der Waals surface area (Å²) in [6.45, 7) is 1.07. The maximum Gasteiger partial charge on any atom is 0.246 e. The predicted molar refractivity (Wildman–Crippen MR) is 127 cm³/mol. The fraction of sp³-hybridized carbons (Fsp3) is 0.409. The second kappa shape index (κ2) is 11.1. The van der Waals surface area contributed by atoms with Crippen molar-refractivity contribution in [2.75, 3.05) is 51.6 Å². The van der Waals surface area contributed by atoms with Gasteiger partial charge < -0.3 is 24.8 Å². The molecule has 9 nitrogen and oxygen atoms in total. The van der Waals surface area contributed by atoms with Gasteiger partial charge in [-0.25, -0.2) is 12.7 Å². The molecule has 1 saturated heterocycles. The minimum Gasteiger partial charge on any atom is -0.495 e. The van der Waals surface area contributed by atoms with E-state index >= 15 is 0 Å². The molecule has 1 heterocycles. The number of benzene rings is 2. The van der Waals surface area contributed by atoms with Crippen molar-refractivity contribution in [1.29, 1.82) is 0 Å². The van der Waals surface area contributed by atoms with Crippen molar-refractivity contribution in [3.63, 3.8) is 0 Å². The van der Waals surface area contributed by atoms with Crippen molar-refractivity contribution in [3.8, 4) is 11.5 Å². The van der Waals surface area contributed by atoms with E-state index < -0.39 is 10.0 Å². The Labute approximate surface area is 199 Å². The van der Waals surface area contributed by atoms with Crippen LogP contribution in [0.15, 0.2) is 41.3 Å². The number of anilines is 2. The number of halogens is 1. The van der Waals surface area contributed by atoms with E-state index in [1.807, 2.05) is 0 Å². The van der Waals surface area contributed by atoms with Gasteiger partial charge in [0.1, 0.15) is 23.0 Å². The normalized spacial score (nSPS) is 16.0. The van der Waals surface area contributed by atoms with Crippen LogP contribution in [-0.4, -0.2) is 65.7 Å². The van der Waals surface area contributed by atoms with E-state index in [1.165, 1.54) is 33.3 Å². The van der Waals surface area contributed by atoms with Crippen molar-refractivity contribution in [2.45, 2.75) is 23.8 Å². The highest BCUT2D eigenvalue weighted by Crippen LogP contribution is 2.30. The molecule has 0 aromatic heterocycles. The summed E-state index contributed by atoms with van der Waals surface area (Å²) in [4.78, 5) is 12.5. The largest absolute Gasteiger partial charge is 0.495 e. The molecule has 1 atom stereocenters. The van der Waals surface area contributed by atoms with E-state index in [2.05, 4.69) is 10.6 Å². The van der Waals surface area contributed by atoms with Crippen LogP contribution in [0.25, 0.3) is 0 Å². The SMILES string of the molecule is COc1ccc(NC(=O)CNc2cc(Cl)ccc2OCC2CCCO2)cc1S(=O)(=O)N(C)C. The van der Waals surface area contributed by atoms with Crippen LogP contribution in [0.1, 0.15) is 12.8 Å². The second-order valence-corrected chi connectivity index (χ2v) is 10.2. The Morgan fingerprint density at radius 2 is 1.97 bits per heavy atom. The van der Waals surface area contributed by atoms with E-state index in [-0.39, 0.29) is 29.2 Å². The molecule has 1 unspecified atom stereocenters. The molecule has 1 amide bonds. The topological polar surface area (TPSA) is 106 Å². The van der Waals surface area contributed by atoms with Crippen LogP contribution in [0, 0.1) is 0 Å². The Kier molecular flexibility index (Phi) is 8.41. The lowest BCUT2D eigenvalue weighted by Gasteiger charge is -2.17. The van der Waals surface area contributed by atoms with Crippen molar-refractivity contribution in [1.82, 2.24) is 4.31 Å². The summed E-state index contributed by atoms with van der Waals surface area (Å²) in [7, 11) is 0.476. The van der Waals surface area contributed by atoms with Crippen LogP contribution in [0.3, 0.4) is 0 Å². The molecular weight excluding hydrogens is 470 g/mol. The van der Waals surface area contributed by atoms with Gasteiger partial charge in [-0.05, 0) is 49.2 Å². The standard InChI is InChI=1S/C22H28ClN3O6S/c1-26(2)33(28,29)21-12-16(7-9-20(21)30-3)25-22(27)13-24-18-11-15(23)6-8-19(18)32-14-17-5-4-10-31-17/h6-9,11-12,17,24H,4-5,10,13-14H2,1-3H3,(H,25,27). The zero-order valence-corrected chi connectivity index (χ0v) is 20.3. The molecule has 2 aromatic carbocycles. The Morgan fingerprint density at radius 1 is 1.21 bits per heavy atom. The third-order valence-electron chi connectivity index (χ3n) is 5.04. The van der Waals surface area contributed by atoms with Gasteiger partial charge in [-0.2, -0.15) is 0 Å². The minimum atomic E-state index is -3.76. The summed E-state index contributed by atoms with van der Waals surface area (Å²) >= 11 is 6.11. The number of nitrogens with one attached hydrogen (secondary N) is 2. The highest BCUT2D eigenvalue weighted by molar-refractivity contribution is 7.89. The van der Waals surface area contributed by atoms with E-state index in [9.17, 15) is 13.2 Å². The van der Waals surface area contributed by atoms with E-state index in [0.717, 1.165) is 23.8 Å². The van der Waals surface area contributed by atoms with Crippen LogP contribution in [0.4, 0.5) is 11.4 Å². The van der Waals surface area contributed by atoms with Gasteiger partial charge >= 0.3 is 0 Å². The lowest BCUT2D eigenvalue weighted by atomic mass is 10.2. The van der Waals surface area contributed by atoms with Crippen molar-refractivity contribution < 1.29 is 27.4 Å². The van der Waals surface area contributed by atoms with E-state index in [1.54, 1.807) is 24.3 Å². The Bertz CT molecular complexity index is 1090. The smallest absolute Gasteiger partial charge is 0.246 e. The third kappa shape index (κ3) is 6.50.